The average Bonchev–Trinajstić information content (AvgIpc) is 3.65. The molecule has 6 aromatic rings. The molecule has 0 heterocycles. The van der Waals surface area contributed by atoms with Crippen molar-refractivity contribution in [3.8, 4) is 0 Å². The number of nitrogens with zero attached hydrogens (tertiary/aromatic N) is 2. The predicted molar refractivity (Wildman–Crippen MR) is 239 cm³/mol. The summed E-state index contributed by atoms with van der Waals surface area (Å²) in [5, 5.41) is 5.20. The molecule has 4 saturated carbocycles. The number of rotatable bonds is 9. The smallest absolute Gasteiger partial charge is 0.0619 e. The number of para-hydroxylation sites is 2. The molecule has 0 spiro atoms. The van der Waals surface area contributed by atoms with Crippen molar-refractivity contribution in [1.82, 2.24) is 0 Å². The molecule has 2 nitrogen and oxygen atoms in total. The van der Waals surface area contributed by atoms with Crippen LogP contribution in [0.25, 0.3) is 21.5 Å². The fourth-order valence-electron chi connectivity index (χ4n) is 11.7. The molecule has 11 rings (SSSR count). The topological polar surface area (TPSA) is 6.48 Å². The van der Waals surface area contributed by atoms with Crippen molar-refractivity contribution in [2.24, 2.45) is 29.6 Å². The van der Waals surface area contributed by atoms with E-state index in [2.05, 4.69) is 184 Å². The van der Waals surface area contributed by atoms with Crippen molar-refractivity contribution in [2.75, 3.05) is 9.80 Å². The Morgan fingerprint density at radius 3 is 1.66 bits per heavy atom. The van der Waals surface area contributed by atoms with Gasteiger partial charge < -0.3 is 9.80 Å². The van der Waals surface area contributed by atoms with Crippen molar-refractivity contribution in [3.05, 3.63) is 162 Å². The lowest BCUT2D eigenvalue weighted by atomic mass is 9.65. The molecule has 4 fully saturated rings. The lowest BCUT2D eigenvalue weighted by Crippen LogP contribution is -2.31. The first-order valence-electron chi connectivity index (χ1n) is 21.5. The van der Waals surface area contributed by atoms with E-state index >= 15 is 0 Å². The molecule has 2 heteroatoms. The standard InChI is InChI=1S/C54H56N2/c1-35(2)39-20-24-46(25-21-39)55(44-14-8-6-9-15-44)52-47-18-12-13-19-48(47)53(56(45-16-10-7-11-17-45)51-27-22-40(36(3)4)28-37(51)5)50-31-43(23-26-49(50)52)54-32-38-29-41(33-54)42(30-38)34-54/h6-27,31,35-38,41-42H,28-30,32-34H2,1-5H3. The van der Waals surface area contributed by atoms with Crippen molar-refractivity contribution in [2.45, 2.75) is 84.5 Å². The fourth-order valence-corrected chi connectivity index (χ4v) is 11.7. The first-order valence-corrected chi connectivity index (χ1v) is 21.5. The minimum Gasteiger partial charge on any atom is -0.313 e. The Morgan fingerprint density at radius 2 is 1.09 bits per heavy atom. The molecule has 0 aliphatic heterocycles. The van der Waals surface area contributed by atoms with Gasteiger partial charge in [-0.25, -0.2) is 0 Å². The van der Waals surface area contributed by atoms with E-state index in [-0.39, 0.29) is 0 Å². The number of hydrogen-bond donors (Lipinski definition) is 0. The predicted octanol–water partition coefficient (Wildman–Crippen LogP) is 15.3. The Morgan fingerprint density at radius 1 is 0.536 bits per heavy atom. The molecule has 5 aliphatic carbocycles. The van der Waals surface area contributed by atoms with Crippen LogP contribution in [0.1, 0.15) is 90.2 Å². The largest absolute Gasteiger partial charge is 0.313 e. The van der Waals surface area contributed by atoms with E-state index in [0.717, 1.165) is 24.2 Å². The summed E-state index contributed by atoms with van der Waals surface area (Å²) in [6.45, 7) is 11.7. The molecule has 3 unspecified atom stereocenters. The monoisotopic (exact) mass is 732 g/mol. The van der Waals surface area contributed by atoms with Crippen molar-refractivity contribution < 1.29 is 0 Å². The lowest BCUT2D eigenvalue weighted by molar-refractivity contribution is 0.229. The zero-order valence-corrected chi connectivity index (χ0v) is 33.9. The van der Waals surface area contributed by atoms with E-state index in [1.54, 1.807) is 5.56 Å². The maximum absolute atomic E-state index is 2.68. The van der Waals surface area contributed by atoms with Crippen molar-refractivity contribution >= 4 is 50.0 Å². The molecule has 5 aliphatic rings. The maximum atomic E-state index is 2.68. The molecule has 4 bridgehead atoms. The molecule has 0 aromatic heterocycles. The summed E-state index contributed by atoms with van der Waals surface area (Å²) >= 11 is 0. The van der Waals surface area contributed by atoms with Crippen LogP contribution in [0.15, 0.2) is 151 Å². The summed E-state index contributed by atoms with van der Waals surface area (Å²) in [6, 6.07) is 48.6. The normalized spacial score (nSPS) is 24.0. The molecule has 0 saturated heterocycles. The van der Waals surface area contributed by atoms with Gasteiger partial charge in [-0.1, -0.05) is 131 Å². The second-order valence-electron chi connectivity index (χ2n) is 18.4. The number of hydrogen-bond acceptors (Lipinski definition) is 2. The van der Waals surface area contributed by atoms with Gasteiger partial charge in [0.05, 0.1) is 11.4 Å². The Bertz CT molecular complexity index is 2450. The highest BCUT2D eigenvalue weighted by Gasteiger charge is 2.56. The third kappa shape index (κ3) is 5.82. The summed E-state index contributed by atoms with van der Waals surface area (Å²) in [7, 11) is 0. The molecule has 56 heavy (non-hydrogen) atoms. The highest BCUT2D eigenvalue weighted by atomic mass is 15.2. The van der Waals surface area contributed by atoms with Crippen LogP contribution in [0.4, 0.5) is 28.4 Å². The van der Waals surface area contributed by atoms with Crippen molar-refractivity contribution in [1.29, 1.82) is 0 Å². The molecule has 282 valence electrons. The molecular formula is C54H56N2. The third-order valence-corrected chi connectivity index (χ3v) is 14.3. The van der Waals surface area contributed by atoms with Gasteiger partial charge in [0.2, 0.25) is 0 Å². The zero-order chi connectivity index (χ0) is 38.1. The van der Waals surface area contributed by atoms with Gasteiger partial charge in [0, 0.05) is 50.2 Å². The molecule has 0 N–H and O–H groups in total. The van der Waals surface area contributed by atoms with Crippen LogP contribution in [0.2, 0.25) is 0 Å². The minimum absolute atomic E-state index is 0.295. The minimum atomic E-state index is 0.295. The molecule has 0 radical (unpaired) electrons. The summed E-state index contributed by atoms with van der Waals surface area (Å²) in [6.07, 6.45) is 12.9. The van der Waals surface area contributed by atoms with Gasteiger partial charge in [0.15, 0.2) is 0 Å². The Hall–Kier alpha value is -5.08. The highest BCUT2D eigenvalue weighted by Crippen LogP contribution is 2.65. The van der Waals surface area contributed by atoms with Gasteiger partial charge in [-0.3, -0.25) is 0 Å². The molecular weight excluding hydrogens is 677 g/mol. The van der Waals surface area contributed by atoms with Gasteiger partial charge in [0.1, 0.15) is 0 Å². The van der Waals surface area contributed by atoms with Crippen LogP contribution in [-0.2, 0) is 5.41 Å². The first kappa shape index (κ1) is 35.3. The van der Waals surface area contributed by atoms with E-state index < -0.39 is 0 Å². The quantitative estimate of drug-likeness (QED) is 0.108. The Kier molecular flexibility index (Phi) is 8.73. The molecule has 0 amide bonds. The van der Waals surface area contributed by atoms with Gasteiger partial charge in [-0.2, -0.15) is 0 Å². The van der Waals surface area contributed by atoms with Crippen LogP contribution in [0, 0.1) is 29.6 Å². The summed E-state index contributed by atoms with van der Waals surface area (Å²) in [5.74, 6) is 4.10. The number of anilines is 5. The van der Waals surface area contributed by atoms with Gasteiger partial charge in [-0.15, -0.1) is 0 Å². The van der Waals surface area contributed by atoms with Crippen LogP contribution in [-0.4, -0.2) is 0 Å². The molecule has 6 aromatic carbocycles. The third-order valence-electron chi connectivity index (χ3n) is 14.3. The van der Waals surface area contributed by atoms with E-state index in [4.69, 9.17) is 0 Å². The van der Waals surface area contributed by atoms with E-state index in [1.165, 1.54) is 98.9 Å². The van der Waals surface area contributed by atoms with Crippen LogP contribution < -0.4 is 9.80 Å². The van der Waals surface area contributed by atoms with E-state index in [0.29, 0.717) is 23.2 Å². The van der Waals surface area contributed by atoms with Gasteiger partial charge in [-0.05, 0) is 133 Å². The van der Waals surface area contributed by atoms with Crippen LogP contribution >= 0.6 is 0 Å². The second-order valence-corrected chi connectivity index (χ2v) is 18.4. The number of benzene rings is 6. The summed E-state index contributed by atoms with van der Waals surface area (Å²) in [5.41, 5.74) is 12.3. The van der Waals surface area contributed by atoms with E-state index in [9.17, 15) is 0 Å². The first-order chi connectivity index (χ1) is 27.3. The number of fused-ring (bicyclic) bond motifs is 2. The van der Waals surface area contributed by atoms with Crippen LogP contribution in [0.3, 0.4) is 0 Å². The molecule has 3 atom stereocenters. The summed E-state index contributed by atoms with van der Waals surface area (Å²) in [4.78, 5) is 5.18. The average molecular weight is 733 g/mol. The van der Waals surface area contributed by atoms with Crippen molar-refractivity contribution in [3.63, 3.8) is 0 Å². The van der Waals surface area contributed by atoms with Gasteiger partial charge in [0.25, 0.3) is 0 Å². The van der Waals surface area contributed by atoms with E-state index in [1.807, 2.05) is 0 Å². The number of allylic oxidation sites excluding steroid dienone is 4. The summed E-state index contributed by atoms with van der Waals surface area (Å²) < 4.78 is 0. The van der Waals surface area contributed by atoms with Crippen LogP contribution in [0.5, 0.6) is 0 Å². The second kappa shape index (κ2) is 13.8. The SMILES string of the molecule is CC(C)C1=CC=C(N(c2ccccc2)c2c3ccccc3c(N(c3ccccc3)c3ccc(C(C)C)cc3)c3ccc(C45CC6CC(C4)C(C6)C5)cc23)C(C)C1. The van der Waals surface area contributed by atoms with Gasteiger partial charge >= 0.3 is 0 Å². The zero-order valence-electron chi connectivity index (χ0n) is 33.9. The lowest BCUT2D eigenvalue weighted by Gasteiger charge is -2.40. The maximum Gasteiger partial charge on any atom is 0.0619 e. The fraction of sp³-hybridized carbons (Fsp3) is 0.333. The Balaban J connectivity index is 1.30. The Labute approximate surface area is 334 Å². The highest BCUT2D eigenvalue weighted by molar-refractivity contribution is 6.23.